The maximum atomic E-state index is 9.34. The van der Waals surface area contributed by atoms with Crippen LogP contribution in [0.25, 0.3) is 0 Å². The molecule has 1 spiro atoms. The summed E-state index contributed by atoms with van der Waals surface area (Å²) in [7, 11) is -0.409. The smallest absolute Gasteiger partial charge is 0.373 e. The highest BCUT2D eigenvalue weighted by Crippen LogP contribution is 2.46. The van der Waals surface area contributed by atoms with Crippen molar-refractivity contribution in [1.29, 1.82) is 0 Å². The average molecular weight is 422 g/mol. The second kappa shape index (κ2) is 13.1. The molecule has 0 radical (unpaired) electrons. The number of piperidine rings is 1. The first-order valence-corrected chi connectivity index (χ1v) is 12.5. The molecule has 2 N–H and O–H groups in total. The fourth-order valence-electron chi connectivity index (χ4n) is 5.14. The van der Waals surface area contributed by atoms with Crippen LogP contribution in [-0.4, -0.2) is 43.2 Å². The highest BCUT2D eigenvalue weighted by molar-refractivity contribution is 6.45. The lowest BCUT2D eigenvalue weighted by Gasteiger charge is -2.44. The predicted octanol–water partition coefficient (Wildman–Crippen LogP) is 5.31. The molecule has 3 nitrogen and oxygen atoms in total. The Morgan fingerprint density at radius 3 is 1.84 bits per heavy atom. The fraction of sp³-hybridized carbons (Fsp3) is 0.556. The molecule has 0 saturated carbocycles. The maximum absolute atomic E-state index is 9.34. The molecule has 4 rings (SSSR count). The normalized spacial score (nSPS) is 16.6. The SMILES string of the molecule is CB(O)NCCCN1CCC2(CC1)c1ccccc1CCc1ccccc12.CC.CC. The van der Waals surface area contributed by atoms with Crippen LogP contribution in [0.3, 0.4) is 0 Å². The third kappa shape index (κ3) is 6.22. The van der Waals surface area contributed by atoms with Gasteiger partial charge in [-0.1, -0.05) is 76.2 Å². The summed E-state index contributed by atoms with van der Waals surface area (Å²) >= 11 is 0. The molecule has 0 atom stereocenters. The molecule has 4 heteroatoms. The monoisotopic (exact) mass is 422 g/mol. The Morgan fingerprint density at radius 2 is 1.35 bits per heavy atom. The molecule has 1 aliphatic heterocycles. The van der Waals surface area contributed by atoms with E-state index in [1.54, 1.807) is 29.1 Å². The predicted molar refractivity (Wildman–Crippen MR) is 136 cm³/mol. The molecule has 2 aliphatic rings. The lowest BCUT2D eigenvalue weighted by Crippen LogP contribution is -2.44. The van der Waals surface area contributed by atoms with Gasteiger partial charge in [0, 0.05) is 5.41 Å². The highest BCUT2D eigenvalue weighted by Gasteiger charge is 2.41. The Kier molecular flexibility index (Phi) is 10.8. The Balaban J connectivity index is 0.000000807. The first-order chi connectivity index (χ1) is 15.2. The van der Waals surface area contributed by atoms with E-state index in [0.29, 0.717) is 0 Å². The molecular weight excluding hydrogens is 379 g/mol. The van der Waals surface area contributed by atoms with E-state index >= 15 is 0 Å². The second-order valence-corrected chi connectivity index (χ2v) is 8.22. The minimum Gasteiger partial charge on any atom is -0.437 e. The minimum atomic E-state index is -0.409. The zero-order valence-electron chi connectivity index (χ0n) is 20.5. The van der Waals surface area contributed by atoms with Crippen molar-refractivity contribution in [3.63, 3.8) is 0 Å². The average Bonchev–Trinajstić information content (AvgIpc) is 2.96. The number of fused-ring (bicyclic) bond motifs is 4. The first-order valence-electron chi connectivity index (χ1n) is 12.5. The highest BCUT2D eigenvalue weighted by atomic mass is 16.2. The first kappa shape index (κ1) is 25.6. The van der Waals surface area contributed by atoms with Crippen LogP contribution in [0.2, 0.25) is 6.82 Å². The van der Waals surface area contributed by atoms with Crippen molar-refractivity contribution in [1.82, 2.24) is 10.1 Å². The van der Waals surface area contributed by atoms with Crippen LogP contribution in [0, 0.1) is 0 Å². The Morgan fingerprint density at radius 1 is 0.871 bits per heavy atom. The summed E-state index contributed by atoms with van der Waals surface area (Å²) in [6.45, 7) is 14.1. The number of hydrogen-bond donors (Lipinski definition) is 2. The number of likely N-dealkylation sites (tertiary alicyclic amines) is 1. The Hall–Kier alpha value is -1.62. The van der Waals surface area contributed by atoms with E-state index < -0.39 is 7.05 Å². The van der Waals surface area contributed by atoms with Crippen molar-refractivity contribution in [2.24, 2.45) is 0 Å². The van der Waals surface area contributed by atoms with Gasteiger partial charge in [-0.15, -0.1) is 0 Å². The van der Waals surface area contributed by atoms with E-state index in [-0.39, 0.29) is 5.41 Å². The van der Waals surface area contributed by atoms with Crippen molar-refractivity contribution in [3.8, 4) is 0 Å². The van der Waals surface area contributed by atoms with Crippen molar-refractivity contribution >= 4 is 7.05 Å². The number of nitrogens with zero attached hydrogens (tertiary/aromatic N) is 1. The molecule has 2 aromatic rings. The van der Waals surface area contributed by atoms with Gasteiger partial charge in [-0.25, -0.2) is 0 Å². The Labute approximate surface area is 191 Å². The third-order valence-corrected chi connectivity index (χ3v) is 6.53. The van der Waals surface area contributed by atoms with Crippen LogP contribution >= 0.6 is 0 Å². The molecule has 1 aliphatic carbocycles. The van der Waals surface area contributed by atoms with E-state index in [1.807, 2.05) is 27.7 Å². The van der Waals surface area contributed by atoms with E-state index in [9.17, 15) is 5.02 Å². The lowest BCUT2D eigenvalue weighted by atomic mass is 9.66. The molecule has 170 valence electrons. The molecule has 0 aromatic heterocycles. The molecule has 1 fully saturated rings. The molecule has 0 amide bonds. The van der Waals surface area contributed by atoms with Gasteiger partial charge in [-0.2, -0.15) is 0 Å². The van der Waals surface area contributed by atoms with Crippen molar-refractivity contribution in [2.75, 3.05) is 26.2 Å². The zero-order chi connectivity index (χ0) is 22.7. The van der Waals surface area contributed by atoms with Crippen LogP contribution < -0.4 is 5.23 Å². The van der Waals surface area contributed by atoms with Gasteiger partial charge >= 0.3 is 7.05 Å². The number of rotatable bonds is 5. The number of hydrogen-bond acceptors (Lipinski definition) is 3. The van der Waals surface area contributed by atoms with E-state index in [0.717, 1.165) is 45.4 Å². The summed E-state index contributed by atoms with van der Waals surface area (Å²) in [6, 6.07) is 18.3. The summed E-state index contributed by atoms with van der Waals surface area (Å²) in [6.07, 6.45) is 5.80. The van der Waals surface area contributed by atoms with E-state index in [2.05, 4.69) is 58.7 Å². The summed E-state index contributed by atoms with van der Waals surface area (Å²) in [5.74, 6) is 0. The van der Waals surface area contributed by atoms with Crippen LogP contribution in [-0.2, 0) is 18.3 Å². The quantitative estimate of drug-likeness (QED) is 0.506. The summed E-state index contributed by atoms with van der Waals surface area (Å²) < 4.78 is 0. The van der Waals surface area contributed by atoms with Gasteiger partial charge in [0.25, 0.3) is 0 Å². The molecule has 0 bridgehead atoms. The maximum Gasteiger partial charge on any atom is 0.373 e. The van der Waals surface area contributed by atoms with Crippen LogP contribution in [0.1, 0.15) is 69.2 Å². The molecule has 0 unspecified atom stereocenters. The number of nitrogens with one attached hydrogen (secondary N) is 1. The van der Waals surface area contributed by atoms with E-state index in [4.69, 9.17) is 0 Å². The summed E-state index contributed by atoms with van der Waals surface area (Å²) in [5.41, 5.74) is 6.42. The van der Waals surface area contributed by atoms with Crippen LogP contribution in [0.5, 0.6) is 0 Å². The molecule has 31 heavy (non-hydrogen) atoms. The van der Waals surface area contributed by atoms with Gasteiger partial charge in [0.15, 0.2) is 0 Å². The lowest BCUT2D eigenvalue weighted by molar-refractivity contribution is 0.177. The van der Waals surface area contributed by atoms with Crippen molar-refractivity contribution < 1.29 is 5.02 Å². The molecule has 1 heterocycles. The number of benzene rings is 2. The minimum absolute atomic E-state index is 0.179. The van der Waals surface area contributed by atoms with Crippen molar-refractivity contribution in [2.45, 2.75) is 72.0 Å². The van der Waals surface area contributed by atoms with Crippen molar-refractivity contribution in [3.05, 3.63) is 70.8 Å². The van der Waals surface area contributed by atoms with Gasteiger partial charge in [-0.3, -0.25) is 0 Å². The Bertz CT molecular complexity index is 720. The van der Waals surface area contributed by atoms with Gasteiger partial charge in [-0.05, 0) is 87.4 Å². The van der Waals surface area contributed by atoms with Gasteiger partial charge in [0.05, 0.1) is 0 Å². The largest absolute Gasteiger partial charge is 0.437 e. The zero-order valence-corrected chi connectivity index (χ0v) is 20.5. The second-order valence-electron chi connectivity index (χ2n) is 8.22. The number of aryl methyl sites for hydroxylation is 2. The van der Waals surface area contributed by atoms with Crippen LogP contribution in [0.4, 0.5) is 0 Å². The summed E-state index contributed by atoms with van der Waals surface area (Å²) in [5, 5.41) is 12.4. The molecular formula is C27H43BN2O. The third-order valence-electron chi connectivity index (χ3n) is 6.53. The standard InChI is InChI=1S/C23H31BN2O.2C2H6/c1-24(27)25-15-6-16-26-17-13-23(14-18-26)21-9-4-2-7-19(21)11-12-20-8-3-5-10-22(20)23;2*1-2/h2-5,7-10,25,27H,6,11-18H2,1H3;2*1-2H3. The van der Waals surface area contributed by atoms with Crippen LogP contribution in [0.15, 0.2) is 48.5 Å². The van der Waals surface area contributed by atoms with Gasteiger partial charge in [0.2, 0.25) is 0 Å². The summed E-state index contributed by atoms with van der Waals surface area (Å²) in [4.78, 5) is 2.60. The fourth-order valence-corrected chi connectivity index (χ4v) is 5.14. The van der Waals surface area contributed by atoms with Gasteiger partial charge < -0.3 is 15.2 Å². The van der Waals surface area contributed by atoms with E-state index in [1.165, 1.54) is 12.8 Å². The molecule has 2 aromatic carbocycles. The van der Waals surface area contributed by atoms with Gasteiger partial charge in [0.1, 0.15) is 0 Å². The topological polar surface area (TPSA) is 35.5 Å². The molecule has 1 saturated heterocycles.